The first kappa shape index (κ1) is 11.8. The normalized spacial score (nSPS) is 25.7. The molecule has 0 saturated carbocycles. The van der Waals surface area contributed by atoms with Crippen LogP contribution in [0.4, 0.5) is 4.39 Å². The molecular formula is C12H15ClFNO. The molecule has 0 unspecified atom stereocenters. The van der Waals surface area contributed by atoms with Crippen LogP contribution in [0.1, 0.15) is 17.9 Å². The molecule has 1 fully saturated rings. The number of hydrogen-bond donors (Lipinski definition) is 2. The van der Waals surface area contributed by atoms with Gasteiger partial charge < -0.3 is 10.4 Å². The van der Waals surface area contributed by atoms with Crippen LogP contribution in [-0.2, 0) is 0 Å². The molecule has 2 N–H and O–H groups in total. The van der Waals surface area contributed by atoms with Crippen LogP contribution in [0.25, 0.3) is 0 Å². The van der Waals surface area contributed by atoms with E-state index in [4.69, 9.17) is 11.6 Å². The molecule has 2 rings (SSSR count). The van der Waals surface area contributed by atoms with Gasteiger partial charge in [-0.15, -0.1) is 0 Å². The van der Waals surface area contributed by atoms with E-state index in [0.29, 0.717) is 0 Å². The van der Waals surface area contributed by atoms with Crippen LogP contribution in [0, 0.1) is 11.7 Å². The maximum atomic E-state index is 13.4. The largest absolute Gasteiger partial charge is 0.396 e. The van der Waals surface area contributed by atoms with E-state index in [9.17, 15) is 9.50 Å². The Morgan fingerprint density at radius 3 is 3.00 bits per heavy atom. The van der Waals surface area contributed by atoms with Crippen molar-refractivity contribution in [2.45, 2.75) is 12.3 Å². The first-order chi connectivity index (χ1) is 7.72. The molecule has 1 aromatic rings. The average Bonchev–Trinajstić information content (AvgIpc) is 2.32. The number of halogens is 2. The molecular weight excluding hydrogens is 229 g/mol. The van der Waals surface area contributed by atoms with Crippen LogP contribution in [0.5, 0.6) is 0 Å². The number of aliphatic hydroxyl groups is 1. The van der Waals surface area contributed by atoms with E-state index < -0.39 is 0 Å². The molecule has 0 radical (unpaired) electrons. The minimum Gasteiger partial charge on any atom is -0.396 e. The fourth-order valence-electron chi connectivity index (χ4n) is 2.30. The highest BCUT2D eigenvalue weighted by atomic mass is 35.5. The minimum atomic E-state index is -0.380. The Hall–Kier alpha value is -0.640. The summed E-state index contributed by atoms with van der Waals surface area (Å²) in [4.78, 5) is 0. The number of nitrogens with one attached hydrogen (secondary N) is 1. The molecule has 0 spiro atoms. The SMILES string of the molecule is OC[C@@H]1CNCC[C@H]1c1ccc(Cl)c(F)c1. The van der Waals surface area contributed by atoms with E-state index in [1.54, 1.807) is 6.07 Å². The van der Waals surface area contributed by atoms with Crippen molar-refractivity contribution in [2.24, 2.45) is 5.92 Å². The van der Waals surface area contributed by atoms with Gasteiger partial charge in [0.25, 0.3) is 0 Å². The molecule has 1 saturated heterocycles. The molecule has 16 heavy (non-hydrogen) atoms. The van der Waals surface area contributed by atoms with E-state index in [2.05, 4.69) is 5.32 Å². The first-order valence-corrected chi connectivity index (χ1v) is 5.86. The van der Waals surface area contributed by atoms with Crippen molar-refractivity contribution in [2.75, 3.05) is 19.7 Å². The van der Waals surface area contributed by atoms with Gasteiger partial charge in [0.05, 0.1) is 5.02 Å². The lowest BCUT2D eigenvalue weighted by Gasteiger charge is -2.31. The van der Waals surface area contributed by atoms with Crippen molar-refractivity contribution < 1.29 is 9.50 Å². The second kappa shape index (κ2) is 5.13. The summed E-state index contributed by atoms with van der Waals surface area (Å²) in [6.07, 6.45) is 0.923. The van der Waals surface area contributed by atoms with Gasteiger partial charge in [0, 0.05) is 19.1 Å². The molecule has 2 nitrogen and oxygen atoms in total. The standard InChI is InChI=1S/C12H15ClFNO/c13-11-2-1-8(5-12(11)14)10-3-4-15-6-9(10)7-16/h1-2,5,9-10,15-16H,3-4,6-7H2/t9-,10-/m0/s1. The molecule has 1 heterocycles. The Kier molecular flexibility index (Phi) is 3.79. The Balaban J connectivity index is 2.23. The van der Waals surface area contributed by atoms with Crippen molar-refractivity contribution in [1.29, 1.82) is 0 Å². The Morgan fingerprint density at radius 2 is 2.31 bits per heavy atom. The highest BCUT2D eigenvalue weighted by molar-refractivity contribution is 6.30. The number of aliphatic hydroxyl groups excluding tert-OH is 1. The lowest BCUT2D eigenvalue weighted by atomic mass is 9.81. The van der Waals surface area contributed by atoms with Gasteiger partial charge in [0.1, 0.15) is 5.82 Å². The molecule has 88 valence electrons. The second-order valence-electron chi connectivity index (χ2n) is 4.22. The smallest absolute Gasteiger partial charge is 0.142 e. The molecule has 0 aromatic heterocycles. The van der Waals surface area contributed by atoms with E-state index in [1.165, 1.54) is 6.07 Å². The molecule has 2 atom stereocenters. The van der Waals surface area contributed by atoms with Crippen molar-refractivity contribution in [3.05, 3.63) is 34.6 Å². The molecule has 0 aliphatic carbocycles. The van der Waals surface area contributed by atoms with E-state index in [0.717, 1.165) is 25.1 Å². The number of piperidine rings is 1. The zero-order chi connectivity index (χ0) is 11.5. The van der Waals surface area contributed by atoms with Crippen molar-refractivity contribution in [3.8, 4) is 0 Å². The Bertz CT molecular complexity index is 372. The lowest BCUT2D eigenvalue weighted by Crippen LogP contribution is -2.37. The highest BCUT2D eigenvalue weighted by Crippen LogP contribution is 2.31. The second-order valence-corrected chi connectivity index (χ2v) is 4.62. The first-order valence-electron chi connectivity index (χ1n) is 5.49. The quantitative estimate of drug-likeness (QED) is 0.835. The predicted octanol–water partition coefficient (Wildman–Crippen LogP) is 2.16. The number of benzene rings is 1. The Labute approximate surface area is 99.4 Å². The average molecular weight is 244 g/mol. The third kappa shape index (κ3) is 2.37. The molecule has 0 bridgehead atoms. The van der Waals surface area contributed by atoms with Crippen molar-refractivity contribution in [1.82, 2.24) is 5.32 Å². The zero-order valence-electron chi connectivity index (χ0n) is 8.92. The third-order valence-corrected chi connectivity index (χ3v) is 3.52. The molecule has 4 heteroatoms. The zero-order valence-corrected chi connectivity index (χ0v) is 9.67. The van der Waals surface area contributed by atoms with Gasteiger partial charge in [-0.25, -0.2) is 4.39 Å². The lowest BCUT2D eigenvalue weighted by molar-refractivity contribution is 0.179. The number of rotatable bonds is 2. The van der Waals surface area contributed by atoms with E-state index >= 15 is 0 Å². The summed E-state index contributed by atoms with van der Waals surface area (Å²) >= 11 is 5.65. The predicted molar refractivity (Wildman–Crippen MR) is 62.2 cm³/mol. The summed E-state index contributed by atoms with van der Waals surface area (Å²) in [5, 5.41) is 12.7. The molecule has 0 amide bonds. The van der Waals surface area contributed by atoms with Gasteiger partial charge in [-0.05, 0) is 36.6 Å². The van der Waals surface area contributed by atoms with Gasteiger partial charge in [-0.3, -0.25) is 0 Å². The van der Waals surface area contributed by atoms with Crippen LogP contribution >= 0.6 is 11.6 Å². The summed E-state index contributed by atoms with van der Waals surface area (Å²) < 4.78 is 13.4. The molecule has 1 aliphatic heterocycles. The molecule has 1 aromatic carbocycles. The van der Waals surface area contributed by atoms with Gasteiger partial charge in [-0.2, -0.15) is 0 Å². The van der Waals surface area contributed by atoms with Gasteiger partial charge in [0.15, 0.2) is 0 Å². The molecule has 1 aliphatic rings. The number of hydrogen-bond acceptors (Lipinski definition) is 2. The topological polar surface area (TPSA) is 32.3 Å². The fraction of sp³-hybridized carbons (Fsp3) is 0.500. The summed E-state index contributed by atoms with van der Waals surface area (Å²) in [6.45, 7) is 1.82. The van der Waals surface area contributed by atoms with Gasteiger partial charge >= 0.3 is 0 Å². The monoisotopic (exact) mass is 243 g/mol. The Morgan fingerprint density at radius 1 is 1.50 bits per heavy atom. The minimum absolute atomic E-state index is 0.127. The fourth-order valence-corrected chi connectivity index (χ4v) is 2.41. The van der Waals surface area contributed by atoms with Crippen LogP contribution in [0.3, 0.4) is 0 Å². The summed E-state index contributed by atoms with van der Waals surface area (Å²) in [5.74, 6) is 0.00160. The summed E-state index contributed by atoms with van der Waals surface area (Å²) in [6, 6.07) is 4.92. The van der Waals surface area contributed by atoms with Crippen LogP contribution in [0.2, 0.25) is 5.02 Å². The highest BCUT2D eigenvalue weighted by Gasteiger charge is 2.26. The van der Waals surface area contributed by atoms with E-state index in [1.807, 2.05) is 6.07 Å². The van der Waals surface area contributed by atoms with E-state index in [-0.39, 0.29) is 29.3 Å². The van der Waals surface area contributed by atoms with Crippen LogP contribution in [0.15, 0.2) is 18.2 Å². The maximum absolute atomic E-state index is 13.4. The van der Waals surface area contributed by atoms with Gasteiger partial charge in [0.2, 0.25) is 0 Å². The van der Waals surface area contributed by atoms with Crippen LogP contribution in [-0.4, -0.2) is 24.8 Å². The summed E-state index contributed by atoms with van der Waals surface area (Å²) in [5.41, 5.74) is 0.933. The maximum Gasteiger partial charge on any atom is 0.142 e. The van der Waals surface area contributed by atoms with Crippen LogP contribution < -0.4 is 5.32 Å². The summed E-state index contributed by atoms with van der Waals surface area (Å²) in [7, 11) is 0. The van der Waals surface area contributed by atoms with Crippen molar-refractivity contribution >= 4 is 11.6 Å². The third-order valence-electron chi connectivity index (χ3n) is 3.21. The van der Waals surface area contributed by atoms with Crippen molar-refractivity contribution in [3.63, 3.8) is 0 Å². The van der Waals surface area contributed by atoms with Gasteiger partial charge in [-0.1, -0.05) is 17.7 Å².